The molecule has 0 heterocycles. The van der Waals surface area contributed by atoms with Crippen molar-refractivity contribution in [3.05, 3.63) is 6.42 Å². The summed E-state index contributed by atoms with van der Waals surface area (Å²) in [6.07, 6.45) is 8.37. The topological polar surface area (TPSA) is 63.3 Å². The Morgan fingerprint density at radius 2 is 2.21 bits per heavy atom. The SMILES string of the molecule is CCCC(=O)O.NC1[CH-]CCCC1.[Na+]. The molecule has 0 aromatic heterocycles. The summed E-state index contributed by atoms with van der Waals surface area (Å²) in [5.41, 5.74) is 5.58. The molecule has 0 spiro atoms. The van der Waals surface area contributed by atoms with Crippen molar-refractivity contribution in [1.82, 2.24) is 0 Å². The number of nitrogens with two attached hydrogens (primary N) is 1. The van der Waals surface area contributed by atoms with E-state index in [0.717, 1.165) is 6.42 Å². The quantitative estimate of drug-likeness (QED) is 0.451. The first-order valence-electron chi connectivity index (χ1n) is 4.97. The Morgan fingerprint density at radius 1 is 1.57 bits per heavy atom. The molecule has 1 unspecified atom stereocenters. The van der Waals surface area contributed by atoms with E-state index < -0.39 is 5.97 Å². The normalized spacial score (nSPS) is 20.0. The van der Waals surface area contributed by atoms with Gasteiger partial charge in [-0.05, 0) is 6.42 Å². The Labute approximate surface area is 109 Å². The Kier molecular flexibility index (Phi) is 13.8. The van der Waals surface area contributed by atoms with E-state index in [4.69, 9.17) is 10.8 Å². The average Bonchev–Trinajstić information content (AvgIpc) is 2.06. The van der Waals surface area contributed by atoms with Gasteiger partial charge >= 0.3 is 35.5 Å². The fourth-order valence-corrected chi connectivity index (χ4v) is 1.19. The van der Waals surface area contributed by atoms with Gasteiger partial charge in [0.1, 0.15) is 0 Å². The molecule has 4 heteroatoms. The van der Waals surface area contributed by atoms with Gasteiger partial charge < -0.3 is 17.3 Å². The maximum Gasteiger partial charge on any atom is 1.00 e. The summed E-state index contributed by atoms with van der Waals surface area (Å²) < 4.78 is 0. The molecule has 1 atom stereocenters. The maximum atomic E-state index is 9.60. The van der Waals surface area contributed by atoms with Gasteiger partial charge in [-0.2, -0.15) is 6.42 Å². The minimum absolute atomic E-state index is 0. The second-order valence-electron chi connectivity index (χ2n) is 3.33. The zero-order valence-corrected chi connectivity index (χ0v) is 11.3. The third kappa shape index (κ3) is 12.4. The van der Waals surface area contributed by atoms with Crippen LogP contribution < -0.4 is 35.3 Å². The van der Waals surface area contributed by atoms with Gasteiger partial charge in [0.25, 0.3) is 0 Å². The molecule has 0 radical (unpaired) electrons. The average molecular weight is 209 g/mol. The molecule has 1 rings (SSSR count). The molecular weight excluding hydrogens is 189 g/mol. The Bertz CT molecular complexity index is 136. The van der Waals surface area contributed by atoms with Gasteiger partial charge in [-0.15, -0.1) is 6.04 Å². The summed E-state index contributed by atoms with van der Waals surface area (Å²) in [5, 5.41) is 7.91. The van der Waals surface area contributed by atoms with Gasteiger partial charge in [-0.1, -0.05) is 26.2 Å². The van der Waals surface area contributed by atoms with E-state index >= 15 is 0 Å². The third-order valence-corrected chi connectivity index (χ3v) is 1.92. The number of carboxylic acid groups (broad SMARTS) is 1. The molecular formula is C10H20NNaO2. The van der Waals surface area contributed by atoms with E-state index in [2.05, 4.69) is 6.42 Å². The van der Waals surface area contributed by atoms with Gasteiger partial charge in [-0.3, -0.25) is 4.79 Å². The molecule has 1 aliphatic rings. The molecule has 0 amide bonds. The van der Waals surface area contributed by atoms with E-state index in [0.29, 0.717) is 12.5 Å². The molecule has 0 saturated heterocycles. The molecule has 14 heavy (non-hydrogen) atoms. The van der Waals surface area contributed by atoms with Crippen LogP contribution in [0.5, 0.6) is 0 Å². The van der Waals surface area contributed by atoms with Crippen LogP contribution in [0.4, 0.5) is 0 Å². The summed E-state index contributed by atoms with van der Waals surface area (Å²) in [4.78, 5) is 9.60. The van der Waals surface area contributed by atoms with Crippen LogP contribution in [0.2, 0.25) is 0 Å². The van der Waals surface area contributed by atoms with E-state index in [9.17, 15) is 4.79 Å². The van der Waals surface area contributed by atoms with Crippen LogP contribution in [0, 0.1) is 6.42 Å². The second-order valence-corrected chi connectivity index (χ2v) is 3.33. The first-order valence-corrected chi connectivity index (χ1v) is 4.97. The van der Waals surface area contributed by atoms with Crippen LogP contribution in [-0.4, -0.2) is 17.1 Å². The number of carboxylic acids is 1. The molecule has 0 bridgehead atoms. The Hall–Kier alpha value is 0.430. The van der Waals surface area contributed by atoms with E-state index in [1.807, 2.05) is 6.92 Å². The standard InChI is InChI=1S/C6H12N.C4H8O2.Na/c7-6-4-2-1-3-5-6;1-2-3-4(5)6;/h4,6H,1-3,5,7H2;2-3H2,1H3,(H,5,6);/q-1;;+1. The maximum absolute atomic E-state index is 9.60. The number of hydrogen-bond acceptors (Lipinski definition) is 2. The molecule has 0 aromatic carbocycles. The van der Waals surface area contributed by atoms with Crippen molar-refractivity contribution in [3.63, 3.8) is 0 Å². The number of carbonyl (C=O) groups is 1. The number of hydrogen-bond donors (Lipinski definition) is 2. The van der Waals surface area contributed by atoms with Crippen molar-refractivity contribution in [2.24, 2.45) is 5.73 Å². The Morgan fingerprint density at radius 3 is 2.36 bits per heavy atom. The fraction of sp³-hybridized carbons (Fsp3) is 0.800. The summed E-state index contributed by atoms with van der Waals surface area (Å²) in [5.74, 6) is -0.711. The largest absolute Gasteiger partial charge is 1.00 e. The zero-order valence-electron chi connectivity index (χ0n) is 9.33. The van der Waals surface area contributed by atoms with E-state index in [-0.39, 0.29) is 29.6 Å². The zero-order chi connectivity index (χ0) is 10.1. The van der Waals surface area contributed by atoms with Crippen LogP contribution in [0.3, 0.4) is 0 Å². The van der Waals surface area contributed by atoms with Crippen molar-refractivity contribution < 1.29 is 39.5 Å². The summed E-state index contributed by atoms with van der Waals surface area (Å²) in [7, 11) is 0. The van der Waals surface area contributed by atoms with Gasteiger partial charge in [0.15, 0.2) is 0 Å². The molecule has 3 N–H and O–H groups in total. The van der Waals surface area contributed by atoms with E-state index in [1.54, 1.807) is 0 Å². The van der Waals surface area contributed by atoms with Crippen LogP contribution in [0.25, 0.3) is 0 Å². The van der Waals surface area contributed by atoms with Crippen LogP contribution in [0.1, 0.15) is 45.4 Å². The summed E-state index contributed by atoms with van der Waals surface area (Å²) in [6.45, 7) is 1.84. The predicted molar refractivity (Wildman–Crippen MR) is 53.3 cm³/mol. The van der Waals surface area contributed by atoms with Gasteiger partial charge in [0, 0.05) is 6.42 Å². The van der Waals surface area contributed by atoms with Crippen molar-refractivity contribution in [3.8, 4) is 0 Å². The first-order chi connectivity index (χ1) is 6.16. The smallest absolute Gasteiger partial charge is 0.481 e. The second kappa shape index (κ2) is 11.5. The number of aliphatic carboxylic acids is 1. The molecule has 3 nitrogen and oxygen atoms in total. The summed E-state index contributed by atoms with van der Waals surface area (Å²) in [6, 6.07) is 0.411. The van der Waals surface area contributed by atoms with Crippen LogP contribution in [-0.2, 0) is 4.79 Å². The van der Waals surface area contributed by atoms with Crippen LogP contribution in [0.15, 0.2) is 0 Å². The van der Waals surface area contributed by atoms with Crippen molar-refractivity contribution in [1.29, 1.82) is 0 Å². The van der Waals surface area contributed by atoms with Gasteiger partial charge in [0.2, 0.25) is 0 Å². The van der Waals surface area contributed by atoms with Gasteiger partial charge in [0.05, 0.1) is 0 Å². The molecule has 0 aromatic rings. The molecule has 1 saturated carbocycles. The molecule has 1 fully saturated rings. The fourth-order valence-electron chi connectivity index (χ4n) is 1.19. The van der Waals surface area contributed by atoms with Gasteiger partial charge in [-0.25, -0.2) is 0 Å². The minimum Gasteiger partial charge on any atom is -0.481 e. The summed E-state index contributed by atoms with van der Waals surface area (Å²) >= 11 is 0. The molecule has 78 valence electrons. The van der Waals surface area contributed by atoms with Crippen LogP contribution >= 0.6 is 0 Å². The van der Waals surface area contributed by atoms with Crippen molar-refractivity contribution in [2.75, 3.05) is 0 Å². The molecule has 1 aliphatic carbocycles. The minimum atomic E-state index is -0.711. The predicted octanol–water partition coefficient (Wildman–Crippen LogP) is -1.03. The monoisotopic (exact) mass is 209 g/mol. The van der Waals surface area contributed by atoms with E-state index in [1.165, 1.54) is 25.7 Å². The third-order valence-electron chi connectivity index (χ3n) is 1.92. The first kappa shape index (κ1) is 16.8. The molecule has 0 aliphatic heterocycles. The Balaban J connectivity index is 0. The van der Waals surface area contributed by atoms with Crippen molar-refractivity contribution in [2.45, 2.75) is 51.5 Å². The number of rotatable bonds is 2. The van der Waals surface area contributed by atoms with Crippen molar-refractivity contribution >= 4 is 5.97 Å².